The molecule has 156 valence electrons. The molecule has 0 saturated carbocycles. The Balaban J connectivity index is 0.00000280. The largest absolute Gasteiger partial charge is 0.343 e. The van der Waals surface area contributed by atoms with Gasteiger partial charge in [0.1, 0.15) is 11.9 Å². The first-order valence-corrected chi connectivity index (χ1v) is 10.8. The zero-order valence-electron chi connectivity index (χ0n) is 16.2. The number of nitrogens with zero attached hydrogens (tertiary/aromatic N) is 1. The zero-order chi connectivity index (χ0) is 19.2. The number of piperidine rings is 1. The molecule has 0 spiro atoms. The van der Waals surface area contributed by atoms with Crippen LogP contribution in [0.4, 0.5) is 4.39 Å². The minimum atomic E-state index is -0.468. The average Bonchev–Trinajstić information content (AvgIpc) is 2.69. The van der Waals surface area contributed by atoms with E-state index in [4.69, 9.17) is 0 Å². The Hall–Kier alpha value is -1.31. The molecule has 5 nitrogen and oxygen atoms in total. The van der Waals surface area contributed by atoms with Crippen molar-refractivity contribution in [2.75, 3.05) is 31.9 Å². The minimum Gasteiger partial charge on any atom is -0.343 e. The topological polar surface area (TPSA) is 61.4 Å². The maximum Gasteiger partial charge on any atom is 0.246 e. The van der Waals surface area contributed by atoms with Gasteiger partial charge in [-0.3, -0.25) is 9.59 Å². The highest BCUT2D eigenvalue weighted by molar-refractivity contribution is 8.00. The number of carbonyl (C=O) groups excluding carboxylic acids is 2. The van der Waals surface area contributed by atoms with E-state index in [1.54, 1.807) is 18.2 Å². The first-order valence-electron chi connectivity index (χ1n) is 9.73. The van der Waals surface area contributed by atoms with E-state index in [0.717, 1.165) is 39.0 Å². The Labute approximate surface area is 176 Å². The van der Waals surface area contributed by atoms with Crippen molar-refractivity contribution in [3.05, 3.63) is 35.6 Å². The van der Waals surface area contributed by atoms with E-state index in [1.165, 1.54) is 17.8 Å². The molecule has 1 aromatic rings. The van der Waals surface area contributed by atoms with Gasteiger partial charge in [0.05, 0.1) is 5.25 Å². The van der Waals surface area contributed by atoms with E-state index in [2.05, 4.69) is 17.6 Å². The van der Waals surface area contributed by atoms with Gasteiger partial charge in [0, 0.05) is 18.8 Å². The number of amides is 2. The summed E-state index contributed by atoms with van der Waals surface area (Å²) in [6, 6.07) is 6.06. The Morgan fingerprint density at radius 3 is 2.68 bits per heavy atom. The smallest absolute Gasteiger partial charge is 0.246 e. The molecule has 0 radical (unpaired) electrons. The fourth-order valence-electron chi connectivity index (χ4n) is 3.67. The lowest BCUT2D eigenvalue weighted by Gasteiger charge is -2.36. The maximum atomic E-state index is 13.8. The first kappa shape index (κ1) is 23.0. The van der Waals surface area contributed by atoms with Crippen LogP contribution in [0.5, 0.6) is 0 Å². The second kappa shape index (κ2) is 11.0. The second-order valence-corrected chi connectivity index (χ2v) is 8.49. The Kier molecular flexibility index (Phi) is 9.05. The fraction of sp³-hybridized carbons (Fsp3) is 0.600. The number of rotatable bonds is 6. The van der Waals surface area contributed by atoms with Gasteiger partial charge >= 0.3 is 0 Å². The van der Waals surface area contributed by atoms with Crippen molar-refractivity contribution < 1.29 is 14.0 Å². The van der Waals surface area contributed by atoms with Crippen LogP contribution in [0.25, 0.3) is 0 Å². The van der Waals surface area contributed by atoms with Crippen molar-refractivity contribution in [3.8, 4) is 0 Å². The standard InChI is InChI=1S/C20H28FN3O2S.ClH/c1-2-22-12-14-7-9-24(10-8-14)20(26)17-13-27-18(19(25)23-17)11-15-5-3-4-6-16(15)21;/h3-6,14,17-18,22H,2,7-13H2,1H3,(H,23,25);1H. The predicted molar refractivity (Wildman–Crippen MR) is 113 cm³/mol. The van der Waals surface area contributed by atoms with Gasteiger partial charge in [-0.1, -0.05) is 25.1 Å². The SMILES string of the molecule is CCNCC1CCN(C(=O)C2CSC(Cc3ccccc3F)C(=O)N2)CC1.Cl. The summed E-state index contributed by atoms with van der Waals surface area (Å²) in [5.74, 6) is 0.720. The third-order valence-corrected chi connectivity index (χ3v) is 6.65. The van der Waals surface area contributed by atoms with Crippen molar-refractivity contribution in [2.24, 2.45) is 5.92 Å². The summed E-state index contributed by atoms with van der Waals surface area (Å²) in [5, 5.41) is 5.88. The Morgan fingerprint density at radius 2 is 2.04 bits per heavy atom. The predicted octanol–water partition coefficient (Wildman–Crippen LogP) is 2.24. The number of halogens is 2. The summed E-state index contributed by atoms with van der Waals surface area (Å²) in [6.45, 7) is 5.58. The molecular weight excluding hydrogens is 401 g/mol. The molecule has 2 aliphatic rings. The highest BCUT2D eigenvalue weighted by atomic mass is 35.5. The van der Waals surface area contributed by atoms with E-state index in [1.807, 2.05) is 4.90 Å². The number of carbonyl (C=O) groups is 2. The molecule has 2 aliphatic heterocycles. The zero-order valence-corrected chi connectivity index (χ0v) is 17.8. The van der Waals surface area contributed by atoms with Gasteiger partial charge in [-0.2, -0.15) is 0 Å². The van der Waals surface area contributed by atoms with Crippen LogP contribution in [0.2, 0.25) is 0 Å². The number of thioether (sulfide) groups is 1. The molecule has 28 heavy (non-hydrogen) atoms. The molecule has 0 aliphatic carbocycles. The molecule has 2 fully saturated rings. The van der Waals surface area contributed by atoms with Gasteiger partial charge in [-0.05, 0) is 49.9 Å². The van der Waals surface area contributed by atoms with Crippen LogP contribution < -0.4 is 10.6 Å². The summed E-state index contributed by atoms with van der Waals surface area (Å²) in [6.07, 6.45) is 2.35. The van der Waals surface area contributed by atoms with Gasteiger partial charge < -0.3 is 15.5 Å². The number of benzene rings is 1. The second-order valence-electron chi connectivity index (χ2n) is 7.26. The molecule has 2 heterocycles. The fourth-order valence-corrected chi connectivity index (χ4v) is 4.84. The van der Waals surface area contributed by atoms with E-state index >= 15 is 0 Å². The molecule has 0 aromatic heterocycles. The molecule has 0 bridgehead atoms. The quantitative estimate of drug-likeness (QED) is 0.728. The Bertz CT molecular complexity index is 671. The molecular formula is C20H29ClFN3O2S. The van der Waals surface area contributed by atoms with Crippen molar-refractivity contribution in [1.82, 2.24) is 15.5 Å². The van der Waals surface area contributed by atoms with Gasteiger partial charge in [0.15, 0.2) is 0 Å². The van der Waals surface area contributed by atoms with E-state index in [0.29, 0.717) is 23.7 Å². The van der Waals surface area contributed by atoms with Crippen molar-refractivity contribution in [3.63, 3.8) is 0 Å². The summed E-state index contributed by atoms with van der Waals surface area (Å²) in [7, 11) is 0. The van der Waals surface area contributed by atoms with Crippen LogP contribution in [-0.2, 0) is 16.0 Å². The van der Waals surface area contributed by atoms with Gasteiger partial charge in [-0.25, -0.2) is 4.39 Å². The third kappa shape index (κ3) is 5.84. The van der Waals surface area contributed by atoms with E-state index in [-0.39, 0.29) is 35.3 Å². The summed E-state index contributed by atoms with van der Waals surface area (Å²) in [5.41, 5.74) is 0.540. The molecule has 3 rings (SSSR count). The minimum absolute atomic E-state index is 0. The molecule has 1 aromatic carbocycles. The lowest BCUT2D eigenvalue weighted by molar-refractivity contribution is -0.137. The van der Waals surface area contributed by atoms with Crippen molar-refractivity contribution >= 4 is 36.0 Å². The molecule has 8 heteroatoms. The number of hydrogen-bond acceptors (Lipinski definition) is 4. The van der Waals surface area contributed by atoms with E-state index in [9.17, 15) is 14.0 Å². The summed E-state index contributed by atoms with van der Waals surface area (Å²) < 4.78 is 13.8. The highest BCUT2D eigenvalue weighted by Gasteiger charge is 2.35. The number of likely N-dealkylation sites (tertiary alicyclic amines) is 1. The lowest BCUT2D eigenvalue weighted by atomic mass is 9.96. The van der Waals surface area contributed by atoms with Crippen LogP contribution in [-0.4, -0.2) is 59.9 Å². The monoisotopic (exact) mass is 429 g/mol. The molecule has 2 unspecified atom stereocenters. The lowest BCUT2D eigenvalue weighted by Crippen LogP contribution is -2.56. The molecule has 2 N–H and O–H groups in total. The van der Waals surface area contributed by atoms with E-state index < -0.39 is 6.04 Å². The average molecular weight is 430 g/mol. The summed E-state index contributed by atoms with van der Waals surface area (Å²) >= 11 is 1.45. The van der Waals surface area contributed by atoms with Crippen LogP contribution in [0.15, 0.2) is 24.3 Å². The van der Waals surface area contributed by atoms with Gasteiger partial charge in [0.25, 0.3) is 0 Å². The summed E-state index contributed by atoms with van der Waals surface area (Å²) in [4.78, 5) is 27.1. The van der Waals surface area contributed by atoms with Gasteiger partial charge in [-0.15, -0.1) is 24.2 Å². The Morgan fingerprint density at radius 1 is 1.32 bits per heavy atom. The molecule has 2 atom stereocenters. The third-order valence-electron chi connectivity index (χ3n) is 5.34. The van der Waals surface area contributed by atoms with Crippen LogP contribution in [0, 0.1) is 11.7 Å². The van der Waals surface area contributed by atoms with Crippen molar-refractivity contribution in [1.29, 1.82) is 0 Å². The normalized spacial score (nSPS) is 23.1. The van der Waals surface area contributed by atoms with Crippen LogP contribution in [0.1, 0.15) is 25.3 Å². The van der Waals surface area contributed by atoms with Gasteiger partial charge in [0.2, 0.25) is 11.8 Å². The van der Waals surface area contributed by atoms with Crippen LogP contribution >= 0.6 is 24.2 Å². The number of nitrogens with one attached hydrogen (secondary N) is 2. The maximum absolute atomic E-state index is 13.8. The number of hydrogen-bond donors (Lipinski definition) is 2. The van der Waals surface area contributed by atoms with Crippen LogP contribution in [0.3, 0.4) is 0 Å². The van der Waals surface area contributed by atoms with Crippen molar-refractivity contribution in [2.45, 2.75) is 37.5 Å². The molecule has 2 amide bonds. The molecule has 2 saturated heterocycles. The highest BCUT2D eigenvalue weighted by Crippen LogP contribution is 2.25. The first-order chi connectivity index (χ1) is 13.1.